The molecule has 12 heteroatoms. The number of carboxylic acids is 1. The highest BCUT2D eigenvalue weighted by Gasteiger charge is 2.48. The van der Waals surface area contributed by atoms with Gasteiger partial charge in [-0.1, -0.05) is 5.16 Å². The zero-order valence-corrected chi connectivity index (χ0v) is 16.4. The summed E-state index contributed by atoms with van der Waals surface area (Å²) in [7, 11) is 0. The first-order valence-electron chi connectivity index (χ1n) is 9.39. The van der Waals surface area contributed by atoms with Crippen LogP contribution < -0.4 is 4.74 Å². The van der Waals surface area contributed by atoms with Crippen molar-refractivity contribution in [3.8, 4) is 5.75 Å². The highest BCUT2D eigenvalue weighted by Crippen LogP contribution is 2.32. The minimum atomic E-state index is -5.08. The molecule has 4 heterocycles. The second-order valence-corrected chi connectivity index (χ2v) is 6.97. The number of amides is 1. The fourth-order valence-corrected chi connectivity index (χ4v) is 3.45. The third-order valence-electron chi connectivity index (χ3n) is 4.75. The lowest BCUT2D eigenvalue weighted by atomic mass is 10.0. The molecule has 0 radical (unpaired) electrons. The van der Waals surface area contributed by atoms with Crippen molar-refractivity contribution < 1.29 is 41.9 Å². The van der Waals surface area contributed by atoms with E-state index in [4.69, 9.17) is 23.9 Å². The van der Waals surface area contributed by atoms with Gasteiger partial charge in [-0.25, -0.2) is 4.79 Å². The van der Waals surface area contributed by atoms with E-state index in [1.165, 1.54) is 0 Å². The Labute approximate surface area is 174 Å². The monoisotopic (exact) mass is 443 g/mol. The molecule has 3 atom stereocenters. The van der Waals surface area contributed by atoms with Crippen LogP contribution in [0.4, 0.5) is 13.2 Å². The summed E-state index contributed by atoms with van der Waals surface area (Å²) in [6.45, 7) is 2.93. The van der Waals surface area contributed by atoms with E-state index in [2.05, 4.69) is 10.1 Å². The summed E-state index contributed by atoms with van der Waals surface area (Å²) in [5, 5.41) is 11.0. The van der Waals surface area contributed by atoms with Crippen LogP contribution in [-0.2, 0) is 9.53 Å². The Kier molecular flexibility index (Phi) is 6.78. The molecule has 0 aromatic carbocycles. The van der Waals surface area contributed by atoms with Crippen molar-refractivity contribution >= 4 is 11.9 Å². The van der Waals surface area contributed by atoms with Gasteiger partial charge in [0.2, 0.25) is 0 Å². The van der Waals surface area contributed by atoms with Crippen molar-refractivity contribution in [3.63, 3.8) is 0 Å². The smallest absolute Gasteiger partial charge is 0.484 e. The van der Waals surface area contributed by atoms with Gasteiger partial charge in [-0.15, -0.1) is 0 Å². The Morgan fingerprint density at radius 2 is 2.10 bits per heavy atom. The zero-order chi connectivity index (χ0) is 22.6. The number of rotatable bonds is 3. The number of aliphatic carboxylic acids is 1. The average Bonchev–Trinajstić information content (AvgIpc) is 3.32. The number of fused-ring (bicyclic) bond motifs is 1. The molecule has 1 amide bonds. The molecule has 2 aromatic rings. The lowest BCUT2D eigenvalue weighted by Gasteiger charge is -2.31. The van der Waals surface area contributed by atoms with Gasteiger partial charge in [-0.05, 0) is 31.9 Å². The molecule has 9 nitrogen and oxygen atoms in total. The van der Waals surface area contributed by atoms with Crippen molar-refractivity contribution in [2.24, 2.45) is 0 Å². The molecule has 0 unspecified atom stereocenters. The number of hydrogen-bond donors (Lipinski definition) is 1. The Bertz CT molecular complexity index is 905. The molecule has 0 aliphatic carbocycles. The largest absolute Gasteiger partial charge is 0.490 e. The predicted octanol–water partition coefficient (Wildman–Crippen LogP) is 2.46. The van der Waals surface area contributed by atoms with Crippen LogP contribution in [0.2, 0.25) is 0 Å². The molecule has 2 saturated heterocycles. The molecule has 2 aromatic heterocycles. The van der Waals surface area contributed by atoms with Gasteiger partial charge in [0.15, 0.2) is 5.69 Å². The van der Waals surface area contributed by atoms with Crippen molar-refractivity contribution in [2.75, 3.05) is 13.2 Å². The summed E-state index contributed by atoms with van der Waals surface area (Å²) >= 11 is 0. The van der Waals surface area contributed by atoms with Gasteiger partial charge in [0.25, 0.3) is 5.91 Å². The van der Waals surface area contributed by atoms with Gasteiger partial charge in [0.1, 0.15) is 23.7 Å². The van der Waals surface area contributed by atoms with E-state index >= 15 is 0 Å². The number of carbonyl (C=O) groups is 2. The Morgan fingerprint density at radius 3 is 2.68 bits per heavy atom. The quantitative estimate of drug-likeness (QED) is 0.770. The van der Waals surface area contributed by atoms with Crippen LogP contribution in [0.5, 0.6) is 5.75 Å². The van der Waals surface area contributed by atoms with Gasteiger partial charge in [0.05, 0.1) is 18.8 Å². The zero-order valence-electron chi connectivity index (χ0n) is 16.4. The third-order valence-corrected chi connectivity index (χ3v) is 4.75. The number of aryl methyl sites for hydroxylation is 1. The molecule has 2 aliphatic heterocycles. The van der Waals surface area contributed by atoms with Crippen LogP contribution in [0.15, 0.2) is 35.1 Å². The minimum absolute atomic E-state index is 0.00456. The first-order chi connectivity index (χ1) is 14.7. The number of ether oxygens (including phenoxy) is 2. The molecular formula is C19H20F3N3O6. The van der Waals surface area contributed by atoms with Crippen molar-refractivity contribution in [1.29, 1.82) is 0 Å². The lowest BCUT2D eigenvalue weighted by molar-refractivity contribution is -0.192. The molecule has 168 valence electrons. The van der Waals surface area contributed by atoms with Crippen LogP contribution >= 0.6 is 0 Å². The van der Waals surface area contributed by atoms with E-state index in [-0.39, 0.29) is 24.2 Å². The summed E-state index contributed by atoms with van der Waals surface area (Å²) in [4.78, 5) is 27.6. The van der Waals surface area contributed by atoms with Gasteiger partial charge < -0.3 is 24.0 Å². The molecular weight excluding hydrogens is 423 g/mol. The number of carbonyl (C=O) groups excluding carboxylic acids is 1. The normalized spacial score (nSPS) is 22.8. The summed E-state index contributed by atoms with van der Waals surface area (Å²) < 4.78 is 48.7. The summed E-state index contributed by atoms with van der Waals surface area (Å²) in [6, 6.07) is 5.35. The Hall–Kier alpha value is -3.15. The number of carboxylic acid groups (broad SMARTS) is 1. The summed E-state index contributed by atoms with van der Waals surface area (Å²) in [5.41, 5.74) is 0.332. The topological polar surface area (TPSA) is 115 Å². The molecule has 31 heavy (non-hydrogen) atoms. The second-order valence-electron chi connectivity index (χ2n) is 6.97. The SMILES string of the molecule is Cc1cc(C(=O)N2C[C@@H](Oc3cccnc3)[C@H]3OCCC[C@H]32)no1.O=C(O)C(F)(F)F. The van der Waals surface area contributed by atoms with Crippen LogP contribution in [0.25, 0.3) is 0 Å². The molecule has 0 spiro atoms. The molecule has 0 saturated carbocycles. The molecule has 2 aliphatic rings. The maximum absolute atomic E-state index is 12.8. The van der Waals surface area contributed by atoms with Crippen LogP contribution in [-0.4, -0.2) is 69.6 Å². The third kappa shape index (κ3) is 5.51. The predicted molar refractivity (Wildman–Crippen MR) is 97.4 cm³/mol. The Morgan fingerprint density at radius 1 is 1.35 bits per heavy atom. The first-order valence-corrected chi connectivity index (χ1v) is 9.39. The number of halogens is 3. The fourth-order valence-electron chi connectivity index (χ4n) is 3.45. The van der Waals surface area contributed by atoms with Crippen LogP contribution in [0.3, 0.4) is 0 Å². The van der Waals surface area contributed by atoms with Crippen LogP contribution in [0.1, 0.15) is 29.1 Å². The molecule has 1 N–H and O–H groups in total. The number of alkyl halides is 3. The van der Waals surface area contributed by atoms with Gasteiger partial charge >= 0.3 is 12.1 Å². The highest BCUT2D eigenvalue weighted by atomic mass is 19.4. The van der Waals surface area contributed by atoms with Crippen molar-refractivity contribution in [3.05, 3.63) is 42.0 Å². The minimum Gasteiger partial charge on any atom is -0.484 e. The lowest BCUT2D eigenvalue weighted by Crippen LogP contribution is -2.44. The number of likely N-dealkylation sites (tertiary alicyclic amines) is 1. The summed E-state index contributed by atoms with van der Waals surface area (Å²) in [6.07, 6.45) is -0.219. The first kappa shape index (κ1) is 22.5. The highest BCUT2D eigenvalue weighted by molar-refractivity contribution is 5.92. The van der Waals surface area contributed by atoms with E-state index < -0.39 is 12.1 Å². The Balaban J connectivity index is 0.000000339. The maximum Gasteiger partial charge on any atom is 0.490 e. The van der Waals surface area contributed by atoms with Crippen molar-refractivity contribution in [2.45, 2.75) is 44.2 Å². The number of hydrogen-bond acceptors (Lipinski definition) is 7. The van der Waals surface area contributed by atoms with E-state index in [1.54, 1.807) is 25.4 Å². The van der Waals surface area contributed by atoms with Crippen molar-refractivity contribution in [1.82, 2.24) is 15.0 Å². The summed E-state index contributed by atoms with van der Waals surface area (Å²) in [5.74, 6) is -1.59. The standard InChI is InChI=1S/C17H19N3O4.C2HF3O2/c1-11-8-13(19-24-11)17(21)20-10-15(16-14(20)5-3-7-22-16)23-12-4-2-6-18-9-12;3-2(4,5)1(6)7/h2,4,6,8-9,14-16H,3,5,7,10H2,1H3;(H,6,7)/t14-,15-,16+;/m1./s1. The van der Waals surface area contributed by atoms with E-state index in [9.17, 15) is 18.0 Å². The maximum atomic E-state index is 12.8. The van der Waals surface area contributed by atoms with E-state index in [0.717, 1.165) is 12.8 Å². The number of pyridine rings is 1. The fraction of sp³-hybridized carbons (Fsp3) is 0.474. The number of aromatic nitrogens is 2. The molecule has 0 bridgehead atoms. The second kappa shape index (κ2) is 9.33. The van der Waals surface area contributed by atoms with Gasteiger partial charge in [-0.2, -0.15) is 13.2 Å². The van der Waals surface area contributed by atoms with E-state index in [0.29, 0.717) is 30.4 Å². The van der Waals surface area contributed by atoms with Gasteiger partial charge in [-0.3, -0.25) is 9.78 Å². The van der Waals surface area contributed by atoms with Crippen LogP contribution in [0, 0.1) is 6.92 Å². The average molecular weight is 443 g/mol. The molecule has 4 rings (SSSR count). The molecule has 2 fully saturated rings. The van der Waals surface area contributed by atoms with Gasteiger partial charge in [0, 0.05) is 18.9 Å². The number of nitrogens with zero attached hydrogens (tertiary/aromatic N) is 3. The van der Waals surface area contributed by atoms with E-state index in [1.807, 2.05) is 17.0 Å².